The van der Waals surface area contributed by atoms with Gasteiger partial charge >= 0.3 is 0 Å². The highest BCUT2D eigenvalue weighted by molar-refractivity contribution is 7.91. The van der Waals surface area contributed by atoms with Crippen LogP contribution in [0.5, 0.6) is 0 Å². The maximum Gasteiger partial charge on any atom is 0.153 e. The normalized spacial score (nSPS) is 23.9. The molecule has 1 fully saturated rings. The molecule has 1 rings (SSSR count). The molecule has 84 valence electrons. The highest BCUT2D eigenvalue weighted by Crippen LogP contribution is 2.06. The third-order valence-electron chi connectivity index (χ3n) is 2.24. The predicted molar refractivity (Wildman–Crippen MR) is 58.1 cm³/mol. The monoisotopic (exact) mass is 229 g/mol. The van der Waals surface area contributed by atoms with E-state index in [2.05, 4.69) is 17.2 Å². The molecule has 0 aromatic carbocycles. The first-order valence-corrected chi connectivity index (χ1v) is 6.71. The Morgan fingerprint density at radius 2 is 2.27 bits per heavy atom. The van der Waals surface area contributed by atoms with Crippen molar-refractivity contribution < 1.29 is 13.2 Å². The second-order valence-corrected chi connectivity index (χ2v) is 5.84. The molecule has 1 atom stereocenters. The largest absolute Gasteiger partial charge is 0.312 e. The summed E-state index contributed by atoms with van der Waals surface area (Å²) in [7, 11) is -2.95. The van der Waals surface area contributed by atoms with Crippen LogP contribution in [-0.4, -0.2) is 38.3 Å². The first-order valence-electron chi connectivity index (χ1n) is 4.88. The van der Waals surface area contributed by atoms with Gasteiger partial charge in [0.25, 0.3) is 0 Å². The first kappa shape index (κ1) is 12.2. The molecule has 0 aromatic rings. The minimum Gasteiger partial charge on any atom is -0.312 e. The minimum atomic E-state index is -2.95. The van der Waals surface area contributed by atoms with Crippen LogP contribution < -0.4 is 5.32 Å². The van der Waals surface area contributed by atoms with E-state index in [9.17, 15) is 13.2 Å². The Labute approximate surface area is 90.4 Å². The highest BCUT2D eigenvalue weighted by Gasteiger charge is 2.25. The van der Waals surface area contributed by atoms with Gasteiger partial charge in [0.2, 0.25) is 0 Å². The summed E-state index contributed by atoms with van der Waals surface area (Å²) in [5.74, 6) is 5.56. The Bertz CT molecular complexity index is 389. The first-order chi connectivity index (χ1) is 7.03. The molecule has 0 spiro atoms. The van der Waals surface area contributed by atoms with Crippen molar-refractivity contribution >= 4 is 15.6 Å². The molecule has 0 radical (unpaired) electrons. The average Bonchev–Trinajstić information content (AvgIpc) is 2.13. The van der Waals surface area contributed by atoms with Gasteiger partial charge in [-0.3, -0.25) is 4.79 Å². The van der Waals surface area contributed by atoms with E-state index in [1.807, 2.05) is 0 Å². The summed E-state index contributed by atoms with van der Waals surface area (Å²) in [6.45, 7) is 2.12. The van der Waals surface area contributed by atoms with Gasteiger partial charge in [-0.05, 0) is 6.92 Å². The fourth-order valence-corrected chi connectivity index (χ4v) is 2.98. The van der Waals surface area contributed by atoms with Crippen molar-refractivity contribution in [2.75, 3.05) is 18.1 Å². The van der Waals surface area contributed by atoms with Crippen LogP contribution in [0.2, 0.25) is 0 Å². The lowest BCUT2D eigenvalue weighted by Crippen LogP contribution is -2.45. The van der Waals surface area contributed by atoms with Gasteiger partial charge in [-0.2, -0.15) is 0 Å². The smallest absolute Gasteiger partial charge is 0.153 e. The summed E-state index contributed by atoms with van der Waals surface area (Å²) >= 11 is 0. The topological polar surface area (TPSA) is 63.2 Å². The summed E-state index contributed by atoms with van der Waals surface area (Å²) in [5.41, 5.74) is 0. The SMILES string of the molecule is CC#CCC(=O)CC1CS(=O)(=O)CCN1. The predicted octanol–water partition coefficient (Wildman–Crippen LogP) is -0.254. The number of sulfone groups is 1. The zero-order chi connectivity index (χ0) is 11.3. The molecular formula is C10H15NO3S. The molecule has 5 heteroatoms. The molecular weight excluding hydrogens is 214 g/mol. The van der Waals surface area contributed by atoms with Gasteiger partial charge in [-0.1, -0.05) is 5.92 Å². The molecule has 0 saturated carbocycles. The van der Waals surface area contributed by atoms with Crippen molar-refractivity contribution in [3.63, 3.8) is 0 Å². The van der Waals surface area contributed by atoms with Gasteiger partial charge in [0.1, 0.15) is 5.78 Å². The quantitative estimate of drug-likeness (QED) is 0.678. The summed E-state index contributed by atoms with van der Waals surface area (Å²) in [4.78, 5) is 11.3. The van der Waals surface area contributed by atoms with Crippen molar-refractivity contribution in [2.45, 2.75) is 25.8 Å². The molecule has 4 nitrogen and oxygen atoms in total. The fourth-order valence-electron chi connectivity index (χ4n) is 1.53. The van der Waals surface area contributed by atoms with Crippen molar-refractivity contribution in [2.24, 2.45) is 0 Å². The van der Waals surface area contributed by atoms with E-state index in [1.54, 1.807) is 6.92 Å². The molecule has 1 N–H and O–H groups in total. The third-order valence-corrected chi connectivity index (χ3v) is 3.97. The van der Waals surface area contributed by atoms with Gasteiger partial charge in [0.05, 0.1) is 17.9 Å². The molecule has 1 unspecified atom stereocenters. The Hall–Kier alpha value is -0.860. The number of ketones is 1. The second kappa shape index (κ2) is 5.29. The fraction of sp³-hybridized carbons (Fsp3) is 0.700. The number of Topliss-reactive ketones (excluding diaryl/α,β-unsaturated/α-hetero) is 1. The van der Waals surface area contributed by atoms with Gasteiger partial charge in [0.15, 0.2) is 9.84 Å². The number of carbonyl (C=O) groups is 1. The molecule has 0 aromatic heterocycles. The average molecular weight is 229 g/mol. The van der Waals surface area contributed by atoms with Gasteiger partial charge in [0, 0.05) is 19.0 Å². The lowest BCUT2D eigenvalue weighted by Gasteiger charge is -2.22. The summed E-state index contributed by atoms with van der Waals surface area (Å²) in [6.07, 6.45) is 0.475. The van der Waals surface area contributed by atoms with Crippen molar-refractivity contribution in [3.05, 3.63) is 0 Å². The van der Waals surface area contributed by atoms with Crippen LogP contribution in [-0.2, 0) is 14.6 Å². The maximum atomic E-state index is 11.3. The number of rotatable bonds is 3. The lowest BCUT2D eigenvalue weighted by atomic mass is 10.1. The van der Waals surface area contributed by atoms with Crippen LogP contribution >= 0.6 is 0 Å². The molecule has 1 heterocycles. The third kappa shape index (κ3) is 4.45. The maximum absolute atomic E-state index is 11.3. The molecule has 0 amide bonds. The van der Waals surface area contributed by atoms with Crippen LogP contribution in [0.1, 0.15) is 19.8 Å². The van der Waals surface area contributed by atoms with Crippen molar-refractivity contribution in [1.29, 1.82) is 0 Å². The van der Waals surface area contributed by atoms with E-state index >= 15 is 0 Å². The number of carbonyl (C=O) groups excluding carboxylic acids is 1. The molecule has 1 aliphatic rings. The summed E-state index contributed by atoms with van der Waals surface area (Å²) in [5, 5.41) is 3.03. The Morgan fingerprint density at radius 1 is 1.53 bits per heavy atom. The van der Waals surface area contributed by atoms with Gasteiger partial charge in [-0.25, -0.2) is 8.42 Å². The second-order valence-electron chi connectivity index (χ2n) is 3.61. The molecule has 0 aliphatic carbocycles. The standard InChI is InChI=1S/C10H15NO3S/c1-2-3-4-10(12)7-9-8-15(13,14)6-5-11-9/h9,11H,4-8H2,1H3. The molecule has 15 heavy (non-hydrogen) atoms. The van der Waals surface area contributed by atoms with E-state index in [1.165, 1.54) is 0 Å². The Kier molecular flexibility index (Phi) is 4.30. The number of hydrogen-bond acceptors (Lipinski definition) is 4. The summed E-state index contributed by atoms with van der Waals surface area (Å²) < 4.78 is 22.6. The zero-order valence-electron chi connectivity index (χ0n) is 8.75. The number of nitrogens with one attached hydrogen (secondary N) is 1. The van der Waals surface area contributed by atoms with E-state index in [4.69, 9.17) is 0 Å². The Morgan fingerprint density at radius 3 is 2.87 bits per heavy atom. The highest BCUT2D eigenvalue weighted by atomic mass is 32.2. The van der Waals surface area contributed by atoms with E-state index in [0.29, 0.717) is 6.54 Å². The lowest BCUT2D eigenvalue weighted by molar-refractivity contribution is -0.118. The van der Waals surface area contributed by atoms with Crippen LogP contribution in [0, 0.1) is 11.8 Å². The van der Waals surface area contributed by atoms with Crippen LogP contribution in [0.15, 0.2) is 0 Å². The van der Waals surface area contributed by atoms with Crippen molar-refractivity contribution in [1.82, 2.24) is 5.32 Å². The van der Waals surface area contributed by atoms with Crippen LogP contribution in [0.3, 0.4) is 0 Å². The molecule has 1 aliphatic heterocycles. The van der Waals surface area contributed by atoms with E-state index < -0.39 is 9.84 Å². The van der Waals surface area contributed by atoms with Gasteiger partial charge < -0.3 is 5.32 Å². The number of hydrogen-bond donors (Lipinski definition) is 1. The zero-order valence-corrected chi connectivity index (χ0v) is 9.56. The summed E-state index contributed by atoms with van der Waals surface area (Å²) in [6, 6.07) is -0.227. The van der Waals surface area contributed by atoms with Crippen molar-refractivity contribution in [3.8, 4) is 11.8 Å². The Balaban J connectivity index is 2.44. The van der Waals surface area contributed by atoms with E-state index in [-0.39, 0.29) is 36.2 Å². The molecule has 0 bridgehead atoms. The van der Waals surface area contributed by atoms with Gasteiger partial charge in [-0.15, -0.1) is 5.92 Å². The minimum absolute atomic E-state index is 0.000972. The van der Waals surface area contributed by atoms with Crippen LogP contribution in [0.25, 0.3) is 0 Å². The molecule has 1 saturated heterocycles. The van der Waals surface area contributed by atoms with E-state index in [0.717, 1.165) is 0 Å². The van der Waals surface area contributed by atoms with Crippen LogP contribution in [0.4, 0.5) is 0 Å².